The zero-order valence-electron chi connectivity index (χ0n) is 9.74. The molecule has 0 bridgehead atoms. The SMILES string of the molecule is CC(CCN)C(=O)N(C)C1CCOCC1. The number of nitrogens with zero attached hydrogens (tertiary/aromatic N) is 1. The Morgan fingerprint density at radius 3 is 2.67 bits per heavy atom. The monoisotopic (exact) mass is 214 g/mol. The summed E-state index contributed by atoms with van der Waals surface area (Å²) in [7, 11) is 1.89. The van der Waals surface area contributed by atoms with E-state index in [4.69, 9.17) is 10.5 Å². The van der Waals surface area contributed by atoms with Crippen molar-refractivity contribution in [3.63, 3.8) is 0 Å². The molecule has 1 atom stereocenters. The lowest BCUT2D eigenvalue weighted by Gasteiger charge is -2.32. The second kappa shape index (κ2) is 6.08. The van der Waals surface area contributed by atoms with E-state index in [2.05, 4.69) is 0 Å². The van der Waals surface area contributed by atoms with Crippen molar-refractivity contribution in [1.29, 1.82) is 0 Å². The van der Waals surface area contributed by atoms with E-state index in [0.29, 0.717) is 12.6 Å². The minimum absolute atomic E-state index is 0.0443. The van der Waals surface area contributed by atoms with Gasteiger partial charge in [-0.25, -0.2) is 0 Å². The molecular weight excluding hydrogens is 192 g/mol. The summed E-state index contributed by atoms with van der Waals surface area (Å²) in [6, 6.07) is 0.353. The Labute approximate surface area is 91.8 Å². The first-order valence-electron chi connectivity index (χ1n) is 5.71. The van der Waals surface area contributed by atoms with Gasteiger partial charge in [-0.3, -0.25) is 4.79 Å². The fourth-order valence-corrected chi connectivity index (χ4v) is 1.97. The first-order valence-corrected chi connectivity index (χ1v) is 5.71. The maximum Gasteiger partial charge on any atom is 0.225 e. The topological polar surface area (TPSA) is 55.6 Å². The third-order valence-corrected chi connectivity index (χ3v) is 3.11. The minimum Gasteiger partial charge on any atom is -0.381 e. The summed E-state index contributed by atoms with van der Waals surface area (Å²) in [4.78, 5) is 13.8. The fourth-order valence-electron chi connectivity index (χ4n) is 1.97. The van der Waals surface area contributed by atoms with Gasteiger partial charge in [0.25, 0.3) is 0 Å². The highest BCUT2D eigenvalue weighted by Gasteiger charge is 2.25. The van der Waals surface area contributed by atoms with Crippen LogP contribution < -0.4 is 5.73 Å². The summed E-state index contributed by atoms with van der Waals surface area (Å²) in [5.41, 5.74) is 5.46. The zero-order chi connectivity index (χ0) is 11.3. The summed E-state index contributed by atoms with van der Waals surface area (Å²) in [6.45, 7) is 4.07. The highest BCUT2D eigenvalue weighted by Crippen LogP contribution is 2.16. The molecule has 1 rings (SSSR count). The molecule has 1 aliphatic rings. The van der Waals surface area contributed by atoms with Gasteiger partial charge in [0.15, 0.2) is 0 Å². The number of amides is 1. The molecule has 4 nitrogen and oxygen atoms in total. The van der Waals surface area contributed by atoms with Gasteiger partial charge in [-0.2, -0.15) is 0 Å². The Bertz CT molecular complexity index is 203. The standard InChI is InChI=1S/C11H22N2O2/c1-9(3-6-12)11(14)13(2)10-4-7-15-8-5-10/h9-10H,3-8,12H2,1-2H3. The number of ether oxygens (including phenoxy) is 1. The van der Waals surface area contributed by atoms with Crippen LogP contribution in [0.15, 0.2) is 0 Å². The van der Waals surface area contributed by atoms with Gasteiger partial charge in [-0.05, 0) is 25.8 Å². The van der Waals surface area contributed by atoms with Crippen molar-refractivity contribution in [2.45, 2.75) is 32.2 Å². The van der Waals surface area contributed by atoms with Crippen LogP contribution in [0.4, 0.5) is 0 Å². The molecule has 0 aromatic carbocycles. The van der Waals surface area contributed by atoms with Gasteiger partial charge in [0, 0.05) is 32.2 Å². The predicted octanol–water partition coefficient (Wildman–Crippen LogP) is 0.609. The van der Waals surface area contributed by atoms with E-state index in [9.17, 15) is 4.79 Å². The highest BCUT2D eigenvalue weighted by molar-refractivity contribution is 5.78. The summed E-state index contributed by atoms with van der Waals surface area (Å²) in [5.74, 6) is 0.259. The molecule has 0 spiro atoms. The molecule has 88 valence electrons. The Balaban J connectivity index is 2.43. The summed E-state index contributed by atoms with van der Waals surface area (Å²) < 4.78 is 5.28. The molecule has 1 fully saturated rings. The number of nitrogens with two attached hydrogens (primary N) is 1. The van der Waals surface area contributed by atoms with Crippen molar-refractivity contribution in [3.8, 4) is 0 Å². The van der Waals surface area contributed by atoms with Crippen LogP contribution >= 0.6 is 0 Å². The molecule has 0 aliphatic carbocycles. The average molecular weight is 214 g/mol. The van der Waals surface area contributed by atoms with Gasteiger partial charge >= 0.3 is 0 Å². The van der Waals surface area contributed by atoms with Crippen molar-refractivity contribution in [2.75, 3.05) is 26.8 Å². The largest absolute Gasteiger partial charge is 0.381 e. The second-order valence-corrected chi connectivity index (χ2v) is 4.27. The van der Waals surface area contributed by atoms with Crippen LogP contribution in [-0.4, -0.2) is 43.7 Å². The third-order valence-electron chi connectivity index (χ3n) is 3.11. The molecule has 4 heteroatoms. The van der Waals surface area contributed by atoms with E-state index in [-0.39, 0.29) is 11.8 Å². The van der Waals surface area contributed by atoms with Crippen LogP contribution in [0.25, 0.3) is 0 Å². The lowest BCUT2D eigenvalue weighted by Crippen LogP contribution is -2.43. The molecule has 0 aromatic heterocycles. The average Bonchev–Trinajstić information content (AvgIpc) is 2.28. The number of hydrogen-bond donors (Lipinski definition) is 1. The molecule has 0 radical (unpaired) electrons. The molecule has 2 N–H and O–H groups in total. The van der Waals surface area contributed by atoms with E-state index in [1.807, 2.05) is 18.9 Å². The molecule has 1 unspecified atom stereocenters. The lowest BCUT2D eigenvalue weighted by molar-refractivity contribution is -0.137. The van der Waals surface area contributed by atoms with E-state index in [1.54, 1.807) is 0 Å². The molecule has 0 saturated carbocycles. The van der Waals surface area contributed by atoms with Gasteiger partial charge in [-0.1, -0.05) is 6.92 Å². The first-order chi connectivity index (χ1) is 7.16. The van der Waals surface area contributed by atoms with Crippen molar-refractivity contribution >= 4 is 5.91 Å². The minimum atomic E-state index is 0.0443. The van der Waals surface area contributed by atoms with Crippen LogP contribution in [0.5, 0.6) is 0 Å². The Morgan fingerprint density at radius 2 is 2.13 bits per heavy atom. The Kier molecular flexibility index (Phi) is 5.05. The van der Waals surface area contributed by atoms with Gasteiger partial charge < -0.3 is 15.4 Å². The summed E-state index contributed by atoms with van der Waals surface area (Å²) in [6.07, 6.45) is 2.68. The van der Waals surface area contributed by atoms with Gasteiger partial charge in [0.2, 0.25) is 5.91 Å². The molecule has 1 heterocycles. The van der Waals surface area contributed by atoms with E-state index >= 15 is 0 Å². The Morgan fingerprint density at radius 1 is 1.53 bits per heavy atom. The molecule has 0 aromatic rings. The number of rotatable bonds is 4. The van der Waals surface area contributed by atoms with Gasteiger partial charge in [0.1, 0.15) is 0 Å². The second-order valence-electron chi connectivity index (χ2n) is 4.27. The summed E-state index contributed by atoms with van der Waals surface area (Å²) >= 11 is 0. The van der Waals surface area contributed by atoms with E-state index in [0.717, 1.165) is 32.5 Å². The third kappa shape index (κ3) is 3.47. The maximum absolute atomic E-state index is 12.0. The van der Waals surface area contributed by atoms with Crippen molar-refractivity contribution in [1.82, 2.24) is 4.90 Å². The van der Waals surface area contributed by atoms with Crippen LogP contribution in [-0.2, 0) is 9.53 Å². The lowest BCUT2D eigenvalue weighted by atomic mass is 10.0. The molecular formula is C11H22N2O2. The smallest absolute Gasteiger partial charge is 0.225 e. The molecule has 15 heavy (non-hydrogen) atoms. The Hall–Kier alpha value is -0.610. The normalized spacial score (nSPS) is 19.9. The van der Waals surface area contributed by atoms with Crippen molar-refractivity contribution in [3.05, 3.63) is 0 Å². The zero-order valence-corrected chi connectivity index (χ0v) is 9.74. The van der Waals surface area contributed by atoms with Crippen LogP contribution in [0.2, 0.25) is 0 Å². The molecule has 1 aliphatic heterocycles. The van der Waals surface area contributed by atoms with Crippen molar-refractivity contribution < 1.29 is 9.53 Å². The number of carbonyl (C=O) groups is 1. The predicted molar refractivity (Wildman–Crippen MR) is 59.4 cm³/mol. The quantitative estimate of drug-likeness (QED) is 0.746. The van der Waals surface area contributed by atoms with E-state index < -0.39 is 0 Å². The number of hydrogen-bond acceptors (Lipinski definition) is 3. The van der Waals surface area contributed by atoms with Crippen LogP contribution in [0.1, 0.15) is 26.2 Å². The van der Waals surface area contributed by atoms with Crippen LogP contribution in [0, 0.1) is 5.92 Å². The van der Waals surface area contributed by atoms with Gasteiger partial charge in [-0.15, -0.1) is 0 Å². The van der Waals surface area contributed by atoms with Crippen LogP contribution in [0.3, 0.4) is 0 Å². The fraction of sp³-hybridized carbons (Fsp3) is 0.909. The summed E-state index contributed by atoms with van der Waals surface area (Å²) in [5, 5.41) is 0. The maximum atomic E-state index is 12.0. The molecule has 1 amide bonds. The molecule has 1 saturated heterocycles. The van der Waals surface area contributed by atoms with Gasteiger partial charge in [0.05, 0.1) is 0 Å². The highest BCUT2D eigenvalue weighted by atomic mass is 16.5. The first kappa shape index (κ1) is 12.5. The van der Waals surface area contributed by atoms with E-state index in [1.165, 1.54) is 0 Å². The van der Waals surface area contributed by atoms with Crippen molar-refractivity contribution in [2.24, 2.45) is 11.7 Å². The number of carbonyl (C=O) groups excluding carboxylic acids is 1.